The van der Waals surface area contributed by atoms with Gasteiger partial charge in [-0.25, -0.2) is 0 Å². The number of hydrogen-bond donors (Lipinski definition) is 1. The quantitative estimate of drug-likeness (QED) is 0.592. The Balaban J connectivity index is 1.65. The molecule has 1 saturated heterocycles. The molecule has 0 unspecified atom stereocenters. The Bertz CT molecular complexity index is 1110. The fourth-order valence-corrected chi connectivity index (χ4v) is 4.31. The van der Waals surface area contributed by atoms with Crippen LogP contribution in [0, 0.1) is 12.8 Å². The second-order valence-corrected chi connectivity index (χ2v) is 9.13. The number of rotatable bonds is 7. The maximum atomic E-state index is 13.5. The highest BCUT2D eigenvalue weighted by Gasteiger charge is 2.50. The van der Waals surface area contributed by atoms with Gasteiger partial charge in [-0.1, -0.05) is 54.9 Å². The summed E-state index contributed by atoms with van der Waals surface area (Å²) in [5.74, 6) is 0.467. The van der Waals surface area contributed by atoms with E-state index < -0.39 is 5.54 Å². The maximum Gasteiger partial charge on any atom is 0.273 e. The minimum Gasteiger partial charge on any atom is -0.361 e. The third-order valence-electron chi connectivity index (χ3n) is 6.08. The molecule has 1 aromatic carbocycles. The molecule has 33 heavy (non-hydrogen) atoms. The van der Waals surface area contributed by atoms with Gasteiger partial charge in [-0.3, -0.25) is 14.6 Å². The molecule has 1 aliphatic rings. The first-order chi connectivity index (χ1) is 15.9. The molecule has 7 heteroatoms. The highest BCUT2D eigenvalue weighted by atomic mass is 16.5. The van der Waals surface area contributed by atoms with Crippen LogP contribution in [-0.2, 0) is 11.2 Å². The molecular formula is C26H30N4O3. The standard InChI is InChI=1S/C26H30N4O3/c1-18(2)17-28-25(32)26(12-6-14-30(26)24(31)22-7-4-5-13-27-22)16-21-15-23(29-33-21)20-10-8-19(3)9-11-20/h4-5,7-11,13,15,18H,6,12,14,16-17H2,1-3H3,(H,28,32)/t26-/m1/s1. The van der Waals surface area contributed by atoms with Gasteiger partial charge in [-0.15, -0.1) is 0 Å². The van der Waals surface area contributed by atoms with Gasteiger partial charge >= 0.3 is 0 Å². The first kappa shape index (κ1) is 22.7. The van der Waals surface area contributed by atoms with Crippen LogP contribution in [0.3, 0.4) is 0 Å². The molecule has 3 heterocycles. The summed E-state index contributed by atoms with van der Waals surface area (Å²) in [6, 6.07) is 15.1. The Labute approximate surface area is 194 Å². The lowest BCUT2D eigenvalue weighted by molar-refractivity contribution is -0.131. The third kappa shape index (κ3) is 4.82. The Morgan fingerprint density at radius 3 is 2.67 bits per heavy atom. The van der Waals surface area contributed by atoms with E-state index in [0.717, 1.165) is 17.5 Å². The number of carbonyl (C=O) groups is 2. The lowest BCUT2D eigenvalue weighted by Crippen LogP contribution is -2.59. The van der Waals surface area contributed by atoms with Gasteiger partial charge in [-0.2, -0.15) is 0 Å². The molecule has 1 N–H and O–H groups in total. The number of pyridine rings is 1. The predicted molar refractivity (Wildman–Crippen MR) is 125 cm³/mol. The predicted octanol–water partition coefficient (Wildman–Crippen LogP) is 4.03. The average Bonchev–Trinajstić information content (AvgIpc) is 3.46. The van der Waals surface area contributed by atoms with Gasteiger partial charge in [0, 0.05) is 37.3 Å². The van der Waals surface area contributed by atoms with E-state index in [1.807, 2.05) is 51.1 Å². The minimum absolute atomic E-state index is 0.161. The molecule has 0 radical (unpaired) electrons. The Morgan fingerprint density at radius 1 is 1.18 bits per heavy atom. The highest BCUT2D eigenvalue weighted by Crippen LogP contribution is 2.35. The summed E-state index contributed by atoms with van der Waals surface area (Å²) in [5, 5.41) is 7.28. The van der Waals surface area contributed by atoms with E-state index in [1.165, 1.54) is 0 Å². The Morgan fingerprint density at radius 2 is 1.97 bits per heavy atom. The number of nitrogens with one attached hydrogen (secondary N) is 1. The van der Waals surface area contributed by atoms with E-state index >= 15 is 0 Å². The summed E-state index contributed by atoms with van der Waals surface area (Å²) in [7, 11) is 0. The van der Waals surface area contributed by atoms with Crippen molar-refractivity contribution in [2.75, 3.05) is 13.1 Å². The summed E-state index contributed by atoms with van der Waals surface area (Å²) in [5.41, 5.74) is 2.11. The van der Waals surface area contributed by atoms with Crippen molar-refractivity contribution >= 4 is 11.8 Å². The van der Waals surface area contributed by atoms with Gasteiger partial charge in [0.15, 0.2) is 0 Å². The maximum absolute atomic E-state index is 13.5. The van der Waals surface area contributed by atoms with Crippen molar-refractivity contribution in [2.45, 2.75) is 45.6 Å². The third-order valence-corrected chi connectivity index (χ3v) is 6.08. The molecule has 0 spiro atoms. The van der Waals surface area contributed by atoms with Crippen molar-refractivity contribution in [3.63, 3.8) is 0 Å². The van der Waals surface area contributed by atoms with Crippen LogP contribution in [0.15, 0.2) is 59.3 Å². The number of nitrogens with zero attached hydrogens (tertiary/aromatic N) is 3. The van der Waals surface area contributed by atoms with Crippen LogP contribution in [0.25, 0.3) is 11.3 Å². The Hall–Kier alpha value is -3.48. The summed E-state index contributed by atoms with van der Waals surface area (Å²) in [4.78, 5) is 32.8. The molecule has 7 nitrogen and oxygen atoms in total. The monoisotopic (exact) mass is 446 g/mol. The van der Waals surface area contributed by atoms with Crippen LogP contribution in [0.1, 0.15) is 48.5 Å². The van der Waals surface area contributed by atoms with Crippen LogP contribution in [0.4, 0.5) is 0 Å². The molecule has 2 aromatic heterocycles. The largest absolute Gasteiger partial charge is 0.361 e. The summed E-state index contributed by atoms with van der Waals surface area (Å²) in [6.07, 6.45) is 3.13. The van der Waals surface area contributed by atoms with Crippen LogP contribution in [-0.4, -0.2) is 45.5 Å². The van der Waals surface area contributed by atoms with E-state index in [2.05, 4.69) is 15.5 Å². The van der Waals surface area contributed by atoms with Crippen LogP contribution in [0.2, 0.25) is 0 Å². The SMILES string of the molecule is Cc1ccc(-c2cc(C[C@@]3(C(=O)NCC(C)C)CCCN3C(=O)c3ccccn3)on2)cc1. The summed E-state index contributed by atoms with van der Waals surface area (Å²) in [6.45, 7) is 7.15. The minimum atomic E-state index is -1.05. The van der Waals surface area contributed by atoms with Gasteiger partial charge in [0.05, 0.1) is 0 Å². The fraction of sp³-hybridized carbons (Fsp3) is 0.385. The lowest BCUT2D eigenvalue weighted by atomic mass is 9.88. The topological polar surface area (TPSA) is 88.3 Å². The molecule has 4 rings (SSSR count). The number of hydrogen-bond acceptors (Lipinski definition) is 5. The van der Waals surface area contributed by atoms with E-state index in [0.29, 0.717) is 42.6 Å². The number of aromatic nitrogens is 2. The van der Waals surface area contributed by atoms with Crippen LogP contribution < -0.4 is 5.32 Å². The zero-order chi connectivity index (χ0) is 23.4. The van der Waals surface area contributed by atoms with Crippen molar-refractivity contribution in [3.8, 4) is 11.3 Å². The van der Waals surface area contributed by atoms with E-state index in [-0.39, 0.29) is 18.2 Å². The lowest BCUT2D eigenvalue weighted by Gasteiger charge is -2.36. The summed E-state index contributed by atoms with van der Waals surface area (Å²) < 4.78 is 5.66. The number of amides is 2. The van der Waals surface area contributed by atoms with Gasteiger partial charge in [-0.05, 0) is 37.8 Å². The van der Waals surface area contributed by atoms with Crippen molar-refractivity contribution in [1.82, 2.24) is 20.4 Å². The highest BCUT2D eigenvalue weighted by molar-refractivity contribution is 5.98. The molecule has 172 valence electrons. The molecular weight excluding hydrogens is 416 g/mol. The smallest absolute Gasteiger partial charge is 0.273 e. The number of benzene rings is 1. The molecule has 0 aliphatic carbocycles. The number of aryl methyl sites for hydroxylation is 1. The number of likely N-dealkylation sites (tertiary alicyclic amines) is 1. The van der Waals surface area contributed by atoms with Crippen molar-refractivity contribution < 1.29 is 14.1 Å². The average molecular weight is 447 g/mol. The van der Waals surface area contributed by atoms with Crippen LogP contribution >= 0.6 is 0 Å². The molecule has 1 atom stereocenters. The molecule has 0 bridgehead atoms. The zero-order valence-electron chi connectivity index (χ0n) is 19.4. The van der Waals surface area contributed by atoms with E-state index in [4.69, 9.17) is 4.52 Å². The van der Waals surface area contributed by atoms with E-state index in [1.54, 1.807) is 29.3 Å². The van der Waals surface area contributed by atoms with Gasteiger partial charge in [0.1, 0.15) is 22.7 Å². The number of carbonyl (C=O) groups excluding carboxylic acids is 2. The van der Waals surface area contributed by atoms with Crippen LogP contribution in [0.5, 0.6) is 0 Å². The molecule has 2 amide bonds. The summed E-state index contributed by atoms with van der Waals surface area (Å²) >= 11 is 0. The fourth-order valence-electron chi connectivity index (χ4n) is 4.31. The Kier molecular flexibility index (Phi) is 6.58. The van der Waals surface area contributed by atoms with Crippen molar-refractivity contribution in [2.24, 2.45) is 5.92 Å². The second kappa shape index (κ2) is 9.57. The molecule has 1 aliphatic heterocycles. The van der Waals surface area contributed by atoms with Crippen molar-refractivity contribution in [3.05, 3.63) is 71.7 Å². The molecule has 3 aromatic rings. The molecule has 1 fully saturated rings. The first-order valence-electron chi connectivity index (χ1n) is 11.4. The first-order valence-corrected chi connectivity index (χ1v) is 11.4. The van der Waals surface area contributed by atoms with Gasteiger partial charge < -0.3 is 14.7 Å². The van der Waals surface area contributed by atoms with Crippen molar-refractivity contribution in [1.29, 1.82) is 0 Å². The second-order valence-electron chi connectivity index (χ2n) is 9.13. The molecule has 0 saturated carbocycles. The normalized spacial score (nSPS) is 18.0. The van der Waals surface area contributed by atoms with Gasteiger partial charge in [0.25, 0.3) is 5.91 Å². The van der Waals surface area contributed by atoms with Gasteiger partial charge in [0.2, 0.25) is 5.91 Å². The zero-order valence-corrected chi connectivity index (χ0v) is 19.4. The van der Waals surface area contributed by atoms with E-state index in [9.17, 15) is 9.59 Å².